The van der Waals surface area contributed by atoms with Gasteiger partial charge in [-0.05, 0) is 30.2 Å². The Morgan fingerprint density at radius 2 is 2.23 bits per heavy atom. The van der Waals surface area contributed by atoms with Crippen LogP contribution in [0.3, 0.4) is 0 Å². The SMILES string of the molecule is NC(C=O)Cc1cc(F)cc(Br)c1. The highest BCUT2D eigenvalue weighted by atomic mass is 79.9. The van der Waals surface area contributed by atoms with Crippen LogP contribution < -0.4 is 5.73 Å². The van der Waals surface area contributed by atoms with E-state index in [9.17, 15) is 9.18 Å². The summed E-state index contributed by atoms with van der Waals surface area (Å²) in [6.45, 7) is 0. The van der Waals surface area contributed by atoms with Crippen LogP contribution >= 0.6 is 15.9 Å². The van der Waals surface area contributed by atoms with Crippen molar-refractivity contribution in [2.45, 2.75) is 12.5 Å². The minimum absolute atomic E-state index is 0.331. The second-order valence-electron chi connectivity index (χ2n) is 2.78. The summed E-state index contributed by atoms with van der Waals surface area (Å²) in [6.07, 6.45) is 1.01. The maximum Gasteiger partial charge on any atom is 0.137 e. The minimum atomic E-state index is -0.561. The largest absolute Gasteiger partial charge is 0.321 e. The lowest BCUT2D eigenvalue weighted by molar-refractivity contribution is -0.108. The Kier molecular flexibility index (Phi) is 3.57. The van der Waals surface area contributed by atoms with Crippen LogP contribution in [0.15, 0.2) is 22.7 Å². The first-order valence-electron chi connectivity index (χ1n) is 3.77. The molecule has 0 aliphatic heterocycles. The summed E-state index contributed by atoms with van der Waals surface area (Å²) in [7, 11) is 0. The third kappa shape index (κ3) is 3.24. The van der Waals surface area contributed by atoms with Crippen molar-refractivity contribution in [2.24, 2.45) is 5.73 Å². The van der Waals surface area contributed by atoms with Gasteiger partial charge in [0, 0.05) is 4.47 Å². The number of nitrogens with two attached hydrogens (primary N) is 1. The molecule has 1 aromatic carbocycles. The van der Waals surface area contributed by atoms with Crippen molar-refractivity contribution >= 4 is 22.2 Å². The van der Waals surface area contributed by atoms with Crippen LogP contribution in [0.1, 0.15) is 5.56 Å². The van der Waals surface area contributed by atoms with E-state index in [0.29, 0.717) is 22.7 Å². The van der Waals surface area contributed by atoms with E-state index in [1.54, 1.807) is 6.07 Å². The highest BCUT2D eigenvalue weighted by molar-refractivity contribution is 9.10. The van der Waals surface area contributed by atoms with Gasteiger partial charge in [-0.3, -0.25) is 0 Å². The summed E-state index contributed by atoms with van der Waals surface area (Å²) >= 11 is 3.16. The van der Waals surface area contributed by atoms with E-state index < -0.39 is 6.04 Å². The van der Waals surface area contributed by atoms with E-state index in [4.69, 9.17) is 5.73 Å². The molecule has 4 heteroatoms. The lowest BCUT2D eigenvalue weighted by atomic mass is 10.1. The number of carbonyl (C=O) groups excluding carboxylic acids is 1. The maximum absolute atomic E-state index is 12.8. The molecule has 0 heterocycles. The second-order valence-corrected chi connectivity index (χ2v) is 3.70. The Labute approximate surface area is 84.1 Å². The zero-order chi connectivity index (χ0) is 9.84. The smallest absolute Gasteiger partial charge is 0.137 e. The lowest BCUT2D eigenvalue weighted by Crippen LogP contribution is -2.24. The third-order valence-corrected chi connectivity index (χ3v) is 2.03. The molecule has 1 atom stereocenters. The fourth-order valence-corrected chi connectivity index (χ4v) is 1.56. The van der Waals surface area contributed by atoms with E-state index in [0.717, 1.165) is 0 Å². The molecule has 0 bridgehead atoms. The van der Waals surface area contributed by atoms with Gasteiger partial charge in [-0.1, -0.05) is 15.9 Å². The van der Waals surface area contributed by atoms with Gasteiger partial charge in [0.2, 0.25) is 0 Å². The summed E-state index contributed by atoms with van der Waals surface area (Å²) < 4.78 is 13.5. The van der Waals surface area contributed by atoms with Gasteiger partial charge in [0.1, 0.15) is 12.1 Å². The maximum atomic E-state index is 12.8. The average molecular weight is 246 g/mol. The van der Waals surface area contributed by atoms with Crippen molar-refractivity contribution in [3.8, 4) is 0 Å². The predicted molar refractivity (Wildman–Crippen MR) is 51.8 cm³/mol. The molecule has 0 aromatic heterocycles. The van der Waals surface area contributed by atoms with Crippen LogP contribution in [0, 0.1) is 5.82 Å². The quantitative estimate of drug-likeness (QED) is 0.824. The van der Waals surface area contributed by atoms with Gasteiger partial charge in [0.25, 0.3) is 0 Å². The Hall–Kier alpha value is -0.740. The highest BCUT2D eigenvalue weighted by Gasteiger charge is 2.04. The van der Waals surface area contributed by atoms with Crippen LogP contribution in [-0.4, -0.2) is 12.3 Å². The molecule has 13 heavy (non-hydrogen) atoms. The van der Waals surface area contributed by atoms with Crippen LogP contribution in [-0.2, 0) is 11.2 Å². The number of hydrogen-bond donors (Lipinski definition) is 1. The molecule has 1 unspecified atom stereocenters. The third-order valence-electron chi connectivity index (χ3n) is 1.57. The number of halogens is 2. The van der Waals surface area contributed by atoms with Crippen molar-refractivity contribution in [1.29, 1.82) is 0 Å². The molecule has 0 fully saturated rings. The number of aldehydes is 1. The van der Waals surface area contributed by atoms with Gasteiger partial charge in [0.05, 0.1) is 6.04 Å². The van der Waals surface area contributed by atoms with Crippen molar-refractivity contribution in [2.75, 3.05) is 0 Å². The Morgan fingerprint density at radius 1 is 1.54 bits per heavy atom. The fourth-order valence-electron chi connectivity index (χ4n) is 1.05. The first-order valence-corrected chi connectivity index (χ1v) is 4.57. The first kappa shape index (κ1) is 10.3. The Balaban J connectivity index is 2.82. The molecule has 0 saturated heterocycles. The number of rotatable bonds is 3. The predicted octanol–water partition coefficient (Wildman–Crippen LogP) is 1.66. The fraction of sp³-hybridized carbons (Fsp3) is 0.222. The van der Waals surface area contributed by atoms with Gasteiger partial charge in [-0.2, -0.15) is 0 Å². The Bertz CT molecular complexity index is 296. The molecule has 1 aromatic rings. The van der Waals surface area contributed by atoms with Crippen molar-refractivity contribution < 1.29 is 9.18 Å². The van der Waals surface area contributed by atoms with Crippen molar-refractivity contribution in [3.05, 3.63) is 34.1 Å². The topological polar surface area (TPSA) is 43.1 Å². The zero-order valence-corrected chi connectivity index (χ0v) is 8.42. The Morgan fingerprint density at radius 3 is 2.77 bits per heavy atom. The van der Waals surface area contributed by atoms with E-state index in [2.05, 4.69) is 15.9 Å². The monoisotopic (exact) mass is 245 g/mol. The van der Waals surface area contributed by atoms with Crippen LogP contribution in [0.4, 0.5) is 4.39 Å². The second kappa shape index (κ2) is 4.48. The summed E-state index contributed by atoms with van der Waals surface area (Å²) in [5, 5.41) is 0. The molecule has 0 spiro atoms. The molecule has 2 N–H and O–H groups in total. The standard InChI is InChI=1S/C9H9BrFNO/c10-7-1-6(2-8(11)4-7)3-9(12)5-13/h1-2,4-5,9H,3,12H2. The zero-order valence-electron chi connectivity index (χ0n) is 6.84. The van der Waals surface area contributed by atoms with Crippen LogP contribution in [0.25, 0.3) is 0 Å². The van der Waals surface area contributed by atoms with Crippen LogP contribution in [0.5, 0.6) is 0 Å². The van der Waals surface area contributed by atoms with Gasteiger partial charge < -0.3 is 10.5 Å². The normalized spacial score (nSPS) is 12.5. The van der Waals surface area contributed by atoms with E-state index >= 15 is 0 Å². The van der Waals surface area contributed by atoms with E-state index in [-0.39, 0.29) is 5.82 Å². The van der Waals surface area contributed by atoms with Crippen molar-refractivity contribution in [1.82, 2.24) is 0 Å². The number of hydrogen-bond acceptors (Lipinski definition) is 2. The molecule has 0 amide bonds. The highest BCUT2D eigenvalue weighted by Crippen LogP contribution is 2.15. The molecule has 0 radical (unpaired) electrons. The van der Waals surface area contributed by atoms with Gasteiger partial charge in [-0.15, -0.1) is 0 Å². The first-order chi connectivity index (χ1) is 6.11. The minimum Gasteiger partial charge on any atom is -0.321 e. The molecule has 0 aliphatic carbocycles. The number of benzene rings is 1. The van der Waals surface area contributed by atoms with E-state index in [1.165, 1.54) is 12.1 Å². The van der Waals surface area contributed by atoms with Gasteiger partial charge in [0.15, 0.2) is 0 Å². The summed E-state index contributed by atoms with van der Waals surface area (Å²) in [5.74, 6) is -0.331. The molecular weight excluding hydrogens is 237 g/mol. The van der Waals surface area contributed by atoms with Gasteiger partial charge >= 0.3 is 0 Å². The summed E-state index contributed by atoms with van der Waals surface area (Å²) in [4.78, 5) is 10.2. The molecule has 0 aliphatic rings. The summed E-state index contributed by atoms with van der Waals surface area (Å²) in [6, 6.07) is 3.91. The van der Waals surface area contributed by atoms with Crippen molar-refractivity contribution in [3.63, 3.8) is 0 Å². The molecule has 0 saturated carbocycles. The average Bonchev–Trinajstić information content (AvgIpc) is 2.02. The van der Waals surface area contributed by atoms with Crippen LogP contribution in [0.2, 0.25) is 0 Å². The number of carbonyl (C=O) groups is 1. The van der Waals surface area contributed by atoms with Gasteiger partial charge in [-0.25, -0.2) is 4.39 Å². The molecule has 70 valence electrons. The molecule has 1 rings (SSSR count). The molecule has 2 nitrogen and oxygen atoms in total. The lowest BCUT2D eigenvalue weighted by Gasteiger charge is -2.04. The van der Waals surface area contributed by atoms with E-state index in [1.807, 2.05) is 0 Å². The molecular formula is C9H9BrFNO. The summed E-state index contributed by atoms with van der Waals surface area (Å²) in [5.41, 5.74) is 6.11.